The maximum Gasteiger partial charge on any atom is 0.201 e. The van der Waals surface area contributed by atoms with Crippen LogP contribution in [0, 0.1) is 17.6 Å². The Hall–Kier alpha value is -0.640. The lowest BCUT2D eigenvalue weighted by Gasteiger charge is -2.25. The number of benzene rings is 1. The molecule has 0 saturated heterocycles. The van der Waals surface area contributed by atoms with Gasteiger partial charge in [0.1, 0.15) is 0 Å². The largest absolute Gasteiger partial charge is 0.490 e. The fourth-order valence-electron chi connectivity index (χ4n) is 1.49. The van der Waals surface area contributed by atoms with Crippen LogP contribution in [0.2, 0.25) is 0 Å². The molecule has 1 aromatic carbocycles. The highest BCUT2D eigenvalue weighted by atomic mass is 79.9. The number of hydrogen-bond donors (Lipinski definition) is 0. The molecule has 0 aliphatic heterocycles. The quantitative estimate of drug-likeness (QED) is 0.761. The van der Waals surface area contributed by atoms with Crippen LogP contribution >= 0.6 is 15.9 Å². The van der Waals surface area contributed by atoms with Gasteiger partial charge in [0, 0.05) is 0 Å². The number of rotatable bonds is 3. The Labute approximate surface area is 95.6 Å². The summed E-state index contributed by atoms with van der Waals surface area (Å²) >= 11 is 2.91. The molecule has 1 aliphatic carbocycles. The van der Waals surface area contributed by atoms with E-state index in [-0.39, 0.29) is 10.2 Å². The second kappa shape index (κ2) is 4.47. The van der Waals surface area contributed by atoms with Crippen LogP contribution in [0.1, 0.15) is 19.3 Å². The summed E-state index contributed by atoms with van der Waals surface area (Å²) in [7, 11) is 0. The van der Waals surface area contributed by atoms with Gasteiger partial charge in [-0.1, -0.05) is 6.42 Å². The molecule has 0 atom stereocenters. The Balaban J connectivity index is 2.04. The van der Waals surface area contributed by atoms with Gasteiger partial charge in [-0.2, -0.15) is 4.39 Å². The molecule has 1 fully saturated rings. The molecule has 1 saturated carbocycles. The monoisotopic (exact) mass is 276 g/mol. The summed E-state index contributed by atoms with van der Waals surface area (Å²) in [6.07, 6.45) is 3.46. The molecule has 1 aromatic rings. The van der Waals surface area contributed by atoms with Crippen molar-refractivity contribution in [1.82, 2.24) is 0 Å². The number of ether oxygens (including phenoxy) is 1. The average molecular weight is 277 g/mol. The predicted octanol–water partition coefficient (Wildman–Crippen LogP) is 3.91. The van der Waals surface area contributed by atoms with E-state index in [1.165, 1.54) is 18.6 Å². The summed E-state index contributed by atoms with van der Waals surface area (Å²) in [5.74, 6) is -1.29. The molecular formula is C11H11BrF2O. The van der Waals surface area contributed by atoms with Crippen molar-refractivity contribution in [1.29, 1.82) is 0 Å². The standard InChI is InChI=1S/C11H11BrF2O/c12-8-4-5-9(11(14)10(8)13)15-6-7-2-1-3-7/h4-5,7H,1-3,6H2. The van der Waals surface area contributed by atoms with Gasteiger partial charge in [0.25, 0.3) is 0 Å². The summed E-state index contributed by atoms with van der Waals surface area (Å²) < 4.78 is 31.8. The van der Waals surface area contributed by atoms with E-state index in [1.807, 2.05) is 0 Å². The van der Waals surface area contributed by atoms with Crippen LogP contribution in [0.5, 0.6) is 5.75 Å². The van der Waals surface area contributed by atoms with Crippen LogP contribution in [-0.4, -0.2) is 6.61 Å². The molecule has 0 radical (unpaired) electrons. The van der Waals surface area contributed by atoms with Crippen molar-refractivity contribution in [3.8, 4) is 5.75 Å². The molecule has 0 spiro atoms. The lowest BCUT2D eigenvalue weighted by Crippen LogP contribution is -2.19. The summed E-state index contributed by atoms with van der Waals surface area (Å²) in [5, 5.41) is 0. The van der Waals surface area contributed by atoms with E-state index >= 15 is 0 Å². The van der Waals surface area contributed by atoms with Gasteiger partial charge in [0.2, 0.25) is 5.82 Å². The number of halogens is 3. The van der Waals surface area contributed by atoms with Crippen LogP contribution in [-0.2, 0) is 0 Å². The van der Waals surface area contributed by atoms with Gasteiger partial charge in [0.05, 0.1) is 11.1 Å². The van der Waals surface area contributed by atoms with Gasteiger partial charge in [-0.15, -0.1) is 0 Å². The zero-order valence-corrected chi connectivity index (χ0v) is 9.69. The fraction of sp³-hybridized carbons (Fsp3) is 0.455. The highest BCUT2D eigenvalue weighted by Gasteiger charge is 2.19. The first kappa shape index (κ1) is 10.9. The molecule has 4 heteroatoms. The van der Waals surface area contributed by atoms with E-state index in [4.69, 9.17) is 4.74 Å². The normalized spacial score (nSPS) is 16.2. The lowest BCUT2D eigenvalue weighted by molar-refractivity contribution is 0.174. The van der Waals surface area contributed by atoms with Gasteiger partial charge in [-0.3, -0.25) is 0 Å². The third kappa shape index (κ3) is 2.30. The average Bonchev–Trinajstić information content (AvgIpc) is 2.15. The minimum Gasteiger partial charge on any atom is -0.490 e. The SMILES string of the molecule is Fc1c(Br)ccc(OCC2CCC2)c1F. The van der Waals surface area contributed by atoms with Crippen molar-refractivity contribution < 1.29 is 13.5 Å². The highest BCUT2D eigenvalue weighted by molar-refractivity contribution is 9.10. The Bertz CT molecular complexity index is 364. The molecule has 1 aliphatic rings. The molecule has 2 rings (SSSR count). The molecule has 15 heavy (non-hydrogen) atoms. The highest BCUT2D eigenvalue weighted by Crippen LogP contribution is 2.30. The summed E-state index contributed by atoms with van der Waals surface area (Å²) in [6, 6.07) is 2.90. The van der Waals surface area contributed by atoms with Gasteiger partial charge in [-0.05, 0) is 46.8 Å². The van der Waals surface area contributed by atoms with E-state index < -0.39 is 11.6 Å². The minimum absolute atomic E-state index is 0.00241. The molecule has 0 aromatic heterocycles. The van der Waals surface area contributed by atoms with Gasteiger partial charge >= 0.3 is 0 Å². The maximum absolute atomic E-state index is 13.3. The fourth-order valence-corrected chi connectivity index (χ4v) is 1.79. The van der Waals surface area contributed by atoms with Crippen molar-refractivity contribution in [2.75, 3.05) is 6.61 Å². The Kier molecular flexibility index (Phi) is 3.24. The van der Waals surface area contributed by atoms with Gasteiger partial charge < -0.3 is 4.74 Å². The Morgan fingerprint density at radius 3 is 2.60 bits per heavy atom. The molecular weight excluding hydrogens is 266 g/mol. The first-order valence-corrected chi connectivity index (χ1v) is 5.74. The molecule has 0 unspecified atom stereocenters. The molecule has 0 N–H and O–H groups in total. The van der Waals surface area contributed by atoms with Crippen molar-refractivity contribution in [2.24, 2.45) is 5.92 Å². The summed E-state index contributed by atoms with van der Waals surface area (Å²) in [5.41, 5.74) is 0. The topological polar surface area (TPSA) is 9.23 Å². The Morgan fingerprint density at radius 2 is 2.00 bits per heavy atom. The smallest absolute Gasteiger partial charge is 0.201 e. The first-order valence-electron chi connectivity index (χ1n) is 4.95. The molecule has 0 bridgehead atoms. The van der Waals surface area contributed by atoms with Crippen LogP contribution in [0.25, 0.3) is 0 Å². The van der Waals surface area contributed by atoms with E-state index in [0.29, 0.717) is 12.5 Å². The third-order valence-electron chi connectivity index (χ3n) is 2.70. The zero-order chi connectivity index (χ0) is 10.8. The summed E-state index contributed by atoms with van der Waals surface area (Å²) in [4.78, 5) is 0. The van der Waals surface area contributed by atoms with Crippen molar-refractivity contribution in [3.05, 3.63) is 28.2 Å². The van der Waals surface area contributed by atoms with Crippen molar-refractivity contribution in [2.45, 2.75) is 19.3 Å². The second-order valence-corrected chi connectivity index (χ2v) is 4.64. The zero-order valence-electron chi connectivity index (χ0n) is 8.10. The minimum atomic E-state index is -0.913. The first-order chi connectivity index (χ1) is 7.18. The van der Waals surface area contributed by atoms with E-state index in [9.17, 15) is 8.78 Å². The lowest BCUT2D eigenvalue weighted by atomic mass is 9.86. The van der Waals surface area contributed by atoms with Crippen LogP contribution in [0.4, 0.5) is 8.78 Å². The maximum atomic E-state index is 13.3. The summed E-state index contributed by atoms with van der Waals surface area (Å²) in [6.45, 7) is 0.484. The van der Waals surface area contributed by atoms with Gasteiger partial charge in [-0.25, -0.2) is 4.39 Å². The molecule has 0 heterocycles. The number of hydrogen-bond acceptors (Lipinski definition) is 1. The second-order valence-electron chi connectivity index (χ2n) is 3.78. The van der Waals surface area contributed by atoms with E-state index in [2.05, 4.69) is 15.9 Å². The van der Waals surface area contributed by atoms with Crippen LogP contribution < -0.4 is 4.74 Å². The molecule has 82 valence electrons. The Morgan fingerprint density at radius 1 is 1.27 bits per heavy atom. The van der Waals surface area contributed by atoms with Crippen molar-refractivity contribution >= 4 is 15.9 Å². The third-order valence-corrected chi connectivity index (χ3v) is 3.31. The molecule has 0 amide bonds. The van der Waals surface area contributed by atoms with Crippen LogP contribution in [0.15, 0.2) is 16.6 Å². The van der Waals surface area contributed by atoms with Crippen molar-refractivity contribution in [3.63, 3.8) is 0 Å². The van der Waals surface area contributed by atoms with E-state index in [1.54, 1.807) is 0 Å². The predicted molar refractivity (Wildman–Crippen MR) is 56.9 cm³/mol. The van der Waals surface area contributed by atoms with E-state index in [0.717, 1.165) is 12.8 Å². The van der Waals surface area contributed by atoms with Gasteiger partial charge in [0.15, 0.2) is 11.6 Å². The van der Waals surface area contributed by atoms with Crippen LogP contribution in [0.3, 0.4) is 0 Å². The molecule has 1 nitrogen and oxygen atoms in total.